The van der Waals surface area contributed by atoms with Gasteiger partial charge in [-0.05, 0) is 56.4 Å². The molecule has 2 atom stereocenters. The van der Waals surface area contributed by atoms with Gasteiger partial charge in [-0.15, -0.1) is 5.10 Å². The molecule has 6 heteroatoms. The van der Waals surface area contributed by atoms with Crippen LogP contribution in [0.2, 0.25) is 0 Å². The van der Waals surface area contributed by atoms with Crippen molar-refractivity contribution in [3.05, 3.63) is 60.2 Å². The van der Waals surface area contributed by atoms with E-state index in [1.54, 1.807) is 11.0 Å². The lowest BCUT2D eigenvalue weighted by atomic mass is 10.0. The predicted molar refractivity (Wildman–Crippen MR) is 102 cm³/mol. The van der Waals surface area contributed by atoms with E-state index in [4.69, 9.17) is 4.98 Å². The van der Waals surface area contributed by atoms with Gasteiger partial charge in [-0.3, -0.25) is 4.98 Å². The fourth-order valence-electron chi connectivity index (χ4n) is 3.79. The first-order valence-corrected chi connectivity index (χ1v) is 9.64. The van der Waals surface area contributed by atoms with Crippen LogP contribution in [0, 0.1) is 0 Å². The Morgan fingerprint density at radius 3 is 2.41 bits per heavy atom. The molecule has 0 saturated heterocycles. The van der Waals surface area contributed by atoms with Crippen molar-refractivity contribution in [2.24, 2.45) is 0 Å². The highest BCUT2D eigenvalue weighted by atomic mass is 19.1. The summed E-state index contributed by atoms with van der Waals surface area (Å²) in [5.74, 6) is 1.31. The molecule has 27 heavy (non-hydrogen) atoms. The Morgan fingerprint density at radius 2 is 1.70 bits per heavy atom. The van der Waals surface area contributed by atoms with E-state index in [1.807, 2.05) is 36.4 Å². The Labute approximate surface area is 157 Å². The SMILES string of the molecule is F[C@H]1CCC(c2cc(Nc3ncn(-c4ccccc4)n3)cc(C3CC3)n2)C1. The summed E-state index contributed by atoms with van der Waals surface area (Å²) in [6.07, 6.45) is 5.49. The molecule has 2 saturated carbocycles. The van der Waals surface area contributed by atoms with Crippen LogP contribution in [0.1, 0.15) is 55.3 Å². The molecule has 138 valence electrons. The summed E-state index contributed by atoms with van der Waals surface area (Å²) in [5, 5.41) is 7.83. The quantitative estimate of drug-likeness (QED) is 0.701. The van der Waals surface area contributed by atoms with Gasteiger partial charge in [-0.2, -0.15) is 4.98 Å². The van der Waals surface area contributed by atoms with Crippen LogP contribution < -0.4 is 5.32 Å². The fraction of sp³-hybridized carbons (Fsp3) is 0.381. The molecule has 0 spiro atoms. The molecule has 2 fully saturated rings. The third-order valence-corrected chi connectivity index (χ3v) is 5.42. The van der Waals surface area contributed by atoms with Gasteiger partial charge in [0.05, 0.1) is 5.69 Å². The zero-order valence-corrected chi connectivity index (χ0v) is 15.1. The number of benzene rings is 1. The van der Waals surface area contributed by atoms with Crippen molar-refractivity contribution in [2.75, 3.05) is 5.32 Å². The second kappa shape index (κ2) is 6.76. The van der Waals surface area contributed by atoms with Crippen molar-refractivity contribution in [3.8, 4) is 5.69 Å². The molecule has 0 amide bonds. The van der Waals surface area contributed by atoms with Gasteiger partial charge in [0, 0.05) is 28.9 Å². The first-order chi connectivity index (χ1) is 13.2. The van der Waals surface area contributed by atoms with Crippen molar-refractivity contribution in [1.82, 2.24) is 19.7 Å². The van der Waals surface area contributed by atoms with E-state index in [9.17, 15) is 4.39 Å². The maximum atomic E-state index is 13.7. The number of anilines is 2. The zero-order chi connectivity index (χ0) is 18.2. The lowest BCUT2D eigenvalue weighted by molar-refractivity contribution is 0.339. The summed E-state index contributed by atoms with van der Waals surface area (Å²) in [6, 6.07) is 14.0. The summed E-state index contributed by atoms with van der Waals surface area (Å²) in [7, 11) is 0. The van der Waals surface area contributed by atoms with Crippen molar-refractivity contribution in [2.45, 2.75) is 50.1 Å². The Kier molecular flexibility index (Phi) is 4.11. The highest BCUT2D eigenvalue weighted by Crippen LogP contribution is 2.42. The first-order valence-electron chi connectivity index (χ1n) is 9.64. The van der Waals surface area contributed by atoms with Gasteiger partial charge in [0.2, 0.25) is 5.95 Å². The predicted octanol–water partition coefficient (Wildman–Crippen LogP) is 4.89. The largest absolute Gasteiger partial charge is 0.323 e. The van der Waals surface area contributed by atoms with Crippen LogP contribution in [-0.4, -0.2) is 25.9 Å². The molecule has 2 aliphatic carbocycles. The second-order valence-corrected chi connectivity index (χ2v) is 7.56. The maximum absolute atomic E-state index is 13.7. The Hall–Kier alpha value is -2.76. The lowest BCUT2D eigenvalue weighted by Gasteiger charge is -2.13. The van der Waals surface area contributed by atoms with E-state index in [0.717, 1.165) is 29.2 Å². The molecule has 1 unspecified atom stereocenters. The van der Waals surface area contributed by atoms with Gasteiger partial charge >= 0.3 is 0 Å². The van der Waals surface area contributed by atoms with Gasteiger partial charge in [0.25, 0.3) is 0 Å². The number of alkyl halides is 1. The smallest absolute Gasteiger partial charge is 0.246 e. The summed E-state index contributed by atoms with van der Waals surface area (Å²) >= 11 is 0. The molecule has 1 aromatic carbocycles. The molecular weight excluding hydrogens is 341 g/mol. The topological polar surface area (TPSA) is 55.6 Å². The molecule has 2 aliphatic rings. The third-order valence-electron chi connectivity index (χ3n) is 5.42. The summed E-state index contributed by atoms with van der Waals surface area (Å²) in [5.41, 5.74) is 4.02. The van der Waals surface area contributed by atoms with Gasteiger partial charge < -0.3 is 5.32 Å². The van der Waals surface area contributed by atoms with Gasteiger partial charge in [-0.25, -0.2) is 9.07 Å². The van der Waals surface area contributed by atoms with Crippen LogP contribution in [-0.2, 0) is 0 Å². The van der Waals surface area contributed by atoms with Crippen molar-refractivity contribution in [1.29, 1.82) is 0 Å². The Bertz CT molecular complexity index is 935. The minimum absolute atomic E-state index is 0.217. The second-order valence-electron chi connectivity index (χ2n) is 7.56. The fourth-order valence-corrected chi connectivity index (χ4v) is 3.79. The molecule has 2 heterocycles. The number of hydrogen-bond acceptors (Lipinski definition) is 4. The number of nitrogens with zero attached hydrogens (tertiary/aromatic N) is 4. The Morgan fingerprint density at radius 1 is 0.963 bits per heavy atom. The minimum atomic E-state index is -0.693. The first kappa shape index (κ1) is 16.4. The average Bonchev–Trinajstić information content (AvgIpc) is 3.30. The molecular formula is C21H22FN5. The van der Waals surface area contributed by atoms with Crippen LogP contribution in [0.3, 0.4) is 0 Å². The maximum Gasteiger partial charge on any atom is 0.246 e. The third kappa shape index (κ3) is 3.56. The van der Waals surface area contributed by atoms with E-state index in [1.165, 1.54) is 12.8 Å². The molecule has 0 bridgehead atoms. The van der Waals surface area contributed by atoms with Crippen molar-refractivity contribution < 1.29 is 4.39 Å². The van der Waals surface area contributed by atoms with E-state index in [0.29, 0.717) is 24.7 Å². The number of halogens is 1. The molecule has 1 N–H and O–H groups in total. The summed E-state index contributed by atoms with van der Waals surface area (Å²) < 4.78 is 15.4. The number of aromatic nitrogens is 4. The summed E-state index contributed by atoms with van der Waals surface area (Å²) in [4.78, 5) is 9.23. The summed E-state index contributed by atoms with van der Waals surface area (Å²) in [6.45, 7) is 0. The van der Waals surface area contributed by atoms with E-state index < -0.39 is 6.17 Å². The number of nitrogens with one attached hydrogen (secondary N) is 1. The van der Waals surface area contributed by atoms with Crippen LogP contribution in [0.15, 0.2) is 48.8 Å². The monoisotopic (exact) mass is 363 g/mol. The van der Waals surface area contributed by atoms with Crippen LogP contribution >= 0.6 is 0 Å². The number of para-hydroxylation sites is 1. The van der Waals surface area contributed by atoms with E-state index >= 15 is 0 Å². The van der Waals surface area contributed by atoms with Crippen LogP contribution in [0.5, 0.6) is 0 Å². The van der Waals surface area contributed by atoms with E-state index in [2.05, 4.69) is 21.5 Å². The number of hydrogen-bond donors (Lipinski definition) is 1. The highest BCUT2D eigenvalue weighted by molar-refractivity contribution is 5.55. The van der Waals surface area contributed by atoms with Gasteiger partial charge in [-0.1, -0.05) is 18.2 Å². The van der Waals surface area contributed by atoms with Crippen molar-refractivity contribution >= 4 is 11.6 Å². The lowest BCUT2D eigenvalue weighted by Crippen LogP contribution is -2.04. The molecule has 0 radical (unpaired) electrons. The van der Waals surface area contributed by atoms with Crippen LogP contribution in [0.4, 0.5) is 16.0 Å². The van der Waals surface area contributed by atoms with E-state index in [-0.39, 0.29) is 5.92 Å². The standard InChI is InChI=1S/C21H22FN5/c22-16-9-8-15(10-16)20-12-17(11-19(25-20)14-6-7-14)24-21-23-13-27(26-21)18-4-2-1-3-5-18/h1-5,11-16H,6-10H2,(H,24,25,26)/t15?,16-/m0/s1. The number of rotatable bonds is 5. The minimum Gasteiger partial charge on any atom is -0.323 e. The normalized spacial score (nSPS) is 22.1. The average molecular weight is 363 g/mol. The van der Waals surface area contributed by atoms with Gasteiger partial charge in [0.15, 0.2) is 0 Å². The van der Waals surface area contributed by atoms with Crippen molar-refractivity contribution in [3.63, 3.8) is 0 Å². The zero-order valence-electron chi connectivity index (χ0n) is 15.1. The Balaban J connectivity index is 1.41. The molecule has 0 aliphatic heterocycles. The van der Waals surface area contributed by atoms with Gasteiger partial charge in [0.1, 0.15) is 12.5 Å². The van der Waals surface area contributed by atoms with Crippen LogP contribution in [0.25, 0.3) is 5.69 Å². The molecule has 3 aromatic rings. The highest BCUT2D eigenvalue weighted by Gasteiger charge is 2.30. The number of pyridine rings is 1. The molecule has 5 rings (SSSR count). The molecule has 5 nitrogen and oxygen atoms in total. The molecule has 2 aromatic heterocycles.